The molecule has 0 atom stereocenters. The molecule has 0 bridgehead atoms. The van der Waals surface area contributed by atoms with Gasteiger partial charge in [-0.3, -0.25) is 0 Å². The van der Waals surface area contributed by atoms with Crippen LogP contribution < -0.4 is 5.73 Å². The Kier molecular flexibility index (Phi) is 6.47. The minimum atomic E-state index is 0.445. The lowest BCUT2D eigenvalue weighted by molar-refractivity contribution is 1.25. The number of hydrogen-bond acceptors (Lipinski definition) is 3. The third kappa shape index (κ3) is 5.48. The maximum atomic E-state index is 6.04. The molecule has 0 heterocycles. The Hall–Kier alpha value is -2.56. The average molecular weight is 380 g/mol. The van der Waals surface area contributed by atoms with Gasteiger partial charge in [-0.1, -0.05) is 90.1 Å². The van der Waals surface area contributed by atoms with Gasteiger partial charge in [0.25, 0.3) is 0 Å². The quantitative estimate of drug-likeness (QED) is 0.357. The normalized spacial score (nSPS) is 11.8. The molecule has 0 saturated heterocycles. The van der Waals surface area contributed by atoms with Crippen LogP contribution in [0.2, 0.25) is 5.02 Å². The monoisotopic (exact) mass is 379 g/mol. The highest BCUT2D eigenvalue weighted by Crippen LogP contribution is 2.22. The second-order valence-electron chi connectivity index (χ2n) is 5.59. The Morgan fingerprint density at radius 2 is 1.69 bits per heavy atom. The summed E-state index contributed by atoms with van der Waals surface area (Å²) in [6.07, 6.45) is 1.69. The molecule has 0 fully saturated rings. The summed E-state index contributed by atoms with van der Waals surface area (Å²) in [6, 6.07) is 26.0. The first-order valence-electron chi connectivity index (χ1n) is 8.10. The lowest BCUT2D eigenvalue weighted by atomic mass is 10.0. The zero-order chi connectivity index (χ0) is 18.2. The maximum absolute atomic E-state index is 6.04. The van der Waals surface area contributed by atoms with Crippen molar-refractivity contribution in [1.82, 2.24) is 0 Å². The summed E-state index contributed by atoms with van der Waals surface area (Å²) < 4.78 is 0. The molecule has 0 aromatic heterocycles. The van der Waals surface area contributed by atoms with Crippen molar-refractivity contribution in [3.05, 3.63) is 95.0 Å². The first kappa shape index (κ1) is 18.2. The Labute approximate surface area is 162 Å². The molecule has 0 aliphatic carbocycles. The predicted octanol–water partition coefficient (Wildman–Crippen LogP) is 5.59. The van der Waals surface area contributed by atoms with Gasteiger partial charge in [-0.2, -0.15) is 5.10 Å². The fourth-order valence-corrected chi connectivity index (χ4v) is 3.14. The number of rotatable bonds is 5. The summed E-state index contributed by atoms with van der Waals surface area (Å²) in [5, 5.41) is 9.28. The zero-order valence-corrected chi connectivity index (χ0v) is 15.6. The smallest absolute Gasteiger partial charge is 0.180 e. The van der Waals surface area contributed by atoms with Crippen LogP contribution in [0.15, 0.2) is 89.1 Å². The third-order valence-electron chi connectivity index (χ3n) is 3.66. The highest BCUT2D eigenvalue weighted by Gasteiger charge is 1.99. The number of amidine groups is 1. The van der Waals surface area contributed by atoms with Gasteiger partial charge < -0.3 is 5.73 Å². The summed E-state index contributed by atoms with van der Waals surface area (Å²) in [7, 11) is 0. The van der Waals surface area contributed by atoms with Crippen molar-refractivity contribution < 1.29 is 0 Å². The molecule has 26 heavy (non-hydrogen) atoms. The second-order valence-corrected chi connectivity index (χ2v) is 7.02. The fraction of sp³-hybridized carbons (Fsp3) is 0.0476. The molecule has 3 nitrogen and oxygen atoms in total. The van der Waals surface area contributed by atoms with E-state index in [1.165, 1.54) is 17.3 Å². The van der Waals surface area contributed by atoms with E-state index in [2.05, 4.69) is 22.3 Å². The standard InChI is InChI=1S/C21H18ClN3S/c22-20-8-4-7-19(13-20)18-11-9-16(10-12-18)14-24-25-21(23)26-15-17-5-2-1-3-6-17/h1-14H,15H2,(H2,23,25). The van der Waals surface area contributed by atoms with Crippen molar-refractivity contribution >= 4 is 34.7 Å². The van der Waals surface area contributed by atoms with Crippen molar-refractivity contribution in [1.29, 1.82) is 0 Å². The summed E-state index contributed by atoms with van der Waals surface area (Å²) in [5.41, 5.74) is 10.2. The predicted molar refractivity (Wildman–Crippen MR) is 114 cm³/mol. The van der Waals surface area contributed by atoms with Crippen molar-refractivity contribution in [2.24, 2.45) is 15.9 Å². The van der Waals surface area contributed by atoms with Gasteiger partial charge in [0.2, 0.25) is 0 Å². The molecular formula is C21H18ClN3S. The molecule has 130 valence electrons. The van der Waals surface area contributed by atoms with E-state index in [-0.39, 0.29) is 0 Å². The number of benzene rings is 3. The minimum absolute atomic E-state index is 0.445. The van der Waals surface area contributed by atoms with Crippen molar-refractivity contribution in [3.8, 4) is 11.1 Å². The number of halogens is 1. The van der Waals surface area contributed by atoms with Gasteiger partial charge in [-0.15, -0.1) is 5.10 Å². The van der Waals surface area contributed by atoms with Crippen LogP contribution in [-0.4, -0.2) is 11.4 Å². The second kappa shape index (κ2) is 9.22. The number of nitrogens with zero attached hydrogens (tertiary/aromatic N) is 2. The highest BCUT2D eigenvalue weighted by molar-refractivity contribution is 8.13. The van der Waals surface area contributed by atoms with Crippen molar-refractivity contribution in [3.63, 3.8) is 0 Å². The van der Waals surface area contributed by atoms with Gasteiger partial charge in [-0.25, -0.2) is 0 Å². The zero-order valence-electron chi connectivity index (χ0n) is 14.0. The van der Waals surface area contributed by atoms with Gasteiger partial charge >= 0.3 is 0 Å². The molecule has 3 aromatic rings. The van der Waals surface area contributed by atoms with Crippen LogP contribution in [0.4, 0.5) is 0 Å². The van der Waals surface area contributed by atoms with Crippen LogP contribution in [0, 0.1) is 0 Å². The number of hydrogen-bond donors (Lipinski definition) is 1. The van der Waals surface area contributed by atoms with Crippen LogP contribution in [0.3, 0.4) is 0 Å². The number of thioether (sulfide) groups is 1. The molecule has 3 rings (SSSR count). The molecule has 0 saturated carbocycles. The van der Waals surface area contributed by atoms with E-state index in [1.807, 2.05) is 66.7 Å². The molecule has 0 amide bonds. The Morgan fingerprint density at radius 1 is 0.923 bits per heavy atom. The Balaban J connectivity index is 1.58. The average Bonchev–Trinajstić information content (AvgIpc) is 2.68. The summed E-state index contributed by atoms with van der Waals surface area (Å²) in [4.78, 5) is 0. The maximum Gasteiger partial charge on any atom is 0.180 e. The summed E-state index contributed by atoms with van der Waals surface area (Å²) in [5.74, 6) is 0.778. The summed E-state index contributed by atoms with van der Waals surface area (Å²) >= 11 is 7.51. The Morgan fingerprint density at radius 3 is 2.42 bits per heavy atom. The molecule has 0 aliphatic rings. The highest BCUT2D eigenvalue weighted by atomic mass is 35.5. The first-order chi connectivity index (χ1) is 12.7. The van der Waals surface area contributed by atoms with Gasteiger partial charge in [0.05, 0.1) is 6.21 Å². The third-order valence-corrected chi connectivity index (χ3v) is 4.75. The molecule has 0 spiro atoms. The van der Waals surface area contributed by atoms with E-state index < -0.39 is 0 Å². The van der Waals surface area contributed by atoms with Gasteiger partial charge in [0.1, 0.15) is 0 Å². The van der Waals surface area contributed by atoms with Crippen LogP contribution in [-0.2, 0) is 5.75 Å². The molecule has 3 aromatic carbocycles. The van der Waals surface area contributed by atoms with Gasteiger partial charge in [0.15, 0.2) is 5.17 Å². The lowest BCUT2D eigenvalue weighted by Gasteiger charge is -2.02. The van der Waals surface area contributed by atoms with Crippen LogP contribution in [0.25, 0.3) is 11.1 Å². The SMILES string of the molecule is NC(=NN=Cc1ccc(-c2cccc(Cl)c2)cc1)SCc1ccccc1. The van der Waals surface area contributed by atoms with E-state index >= 15 is 0 Å². The largest absolute Gasteiger partial charge is 0.377 e. The first-order valence-corrected chi connectivity index (χ1v) is 9.46. The van der Waals surface area contributed by atoms with Crippen molar-refractivity contribution in [2.75, 3.05) is 0 Å². The van der Waals surface area contributed by atoms with Gasteiger partial charge in [-0.05, 0) is 34.4 Å². The molecular weight excluding hydrogens is 362 g/mol. The van der Waals surface area contributed by atoms with Crippen LogP contribution in [0.5, 0.6) is 0 Å². The summed E-state index contributed by atoms with van der Waals surface area (Å²) in [6.45, 7) is 0. The fourth-order valence-electron chi connectivity index (χ4n) is 2.34. The van der Waals surface area contributed by atoms with E-state index in [1.54, 1.807) is 6.21 Å². The van der Waals surface area contributed by atoms with E-state index in [0.717, 1.165) is 27.5 Å². The minimum Gasteiger partial charge on any atom is -0.377 e. The Bertz CT molecular complexity index is 906. The van der Waals surface area contributed by atoms with Gasteiger partial charge in [0, 0.05) is 10.8 Å². The van der Waals surface area contributed by atoms with Crippen molar-refractivity contribution in [2.45, 2.75) is 5.75 Å². The lowest BCUT2D eigenvalue weighted by Crippen LogP contribution is -2.05. The molecule has 2 N–H and O–H groups in total. The van der Waals surface area contributed by atoms with E-state index in [4.69, 9.17) is 17.3 Å². The van der Waals surface area contributed by atoms with Crippen LogP contribution in [0.1, 0.15) is 11.1 Å². The topological polar surface area (TPSA) is 50.7 Å². The number of nitrogens with two attached hydrogens (primary N) is 1. The molecule has 5 heteroatoms. The van der Waals surface area contributed by atoms with E-state index in [9.17, 15) is 0 Å². The molecule has 0 unspecified atom stereocenters. The van der Waals surface area contributed by atoms with E-state index in [0.29, 0.717) is 5.17 Å². The molecule has 0 radical (unpaired) electrons. The molecule has 0 aliphatic heterocycles. The van der Waals surface area contributed by atoms with Crippen LogP contribution >= 0.6 is 23.4 Å².